The molecule has 3 aliphatic heterocycles. The molecule has 8 nitrogen and oxygen atoms in total. The third-order valence-corrected chi connectivity index (χ3v) is 8.78. The van der Waals surface area contributed by atoms with Crippen LogP contribution in [0.1, 0.15) is 36.4 Å². The van der Waals surface area contributed by atoms with Crippen molar-refractivity contribution >= 4 is 16.9 Å². The quantitative estimate of drug-likeness (QED) is 0.363. The highest BCUT2D eigenvalue weighted by atomic mass is 15.3. The summed E-state index contributed by atoms with van der Waals surface area (Å²) in [6.45, 7) is 8.64. The molecule has 8 heteroatoms. The molecule has 2 fully saturated rings. The lowest BCUT2D eigenvalue weighted by Gasteiger charge is -2.42. The molecule has 0 radical (unpaired) electrons. The first-order chi connectivity index (χ1) is 19.3. The van der Waals surface area contributed by atoms with Crippen LogP contribution >= 0.6 is 0 Å². The smallest absolute Gasteiger partial charge is 0.161 e. The van der Waals surface area contributed by atoms with Crippen molar-refractivity contribution in [3.05, 3.63) is 72.2 Å². The SMILES string of the molecule is c1ccc2c(c1)CCN(CC(CNc1cc(-c3ncc4ccn(C5CCNCC5)c4n3)ccn1)N1CCC1)C2. The minimum absolute atomic E-state index is 0.468. The Kier molecular flexibility index (Phi) is 6.99. The van der Waals surface area contributed by atoms with Crippen molar-refractivity contribution in [3.63, 3.8) is 0 Å². The van der Waals surface area contributed by atoms with E-state index in [1.54, 1.807) is 0 Å². The Morgan fingerprint density at radius 1 is 1.00 bits per heavy atom. The number of nitrogens with one attached hydrogen (secondary N) is 2. The summed E-state index contributed by atoms with van der Waals surface area (Å²) < 4.78 is 2.35. The highest BCUT2D eigenvalue weighted by Gasteiger charge is 2.27. The number of rotatable bonds is 8. The fourth-order valence-corrected chi connectivity index (χ4v) is 6.37. The van der Waals surface area contributed by atoms with Crippen LogP contribution in [0.25, 0.3) is 22.4 Å². The van der Waals surface area contributed by atoms with Crippen molar-refractivity contribution in [2.75, 3.05) is 51.1 Å². The van der Waals surface area contributed by atoms with Crippen molar-refractivity contribution in [1.29, 1.82) is 0 Å². The minimum Gasteiger partial charge on any atom is -0.368 e. The Morgan fingerprint density at radius 3 is 2.72 bits per heavy atom. The van der Waals surface area contributed by atoms with Gasteiger partial charge in [-0.25, -0.2) is 15.0 Å². The average Bonchev–Trinajstić information content (AvgIpc) is 3.39. The Hall–Kier alpha value is -3.33. The molecule has 0 saturated carbocycles. The molecule has 3 aliphatic rings. The maximum atomic E-state index is 5.02. The molecule has 1 aromatic carbocycles. The van der Waals surface area contributed by atoms with Gasteiger partial charge < -0.3 is 15.2 Å². The van der Waals surface area contributed by atoms with E-state index >= 15 is 0 Å². The highest BCUT2D eigenvalue weighted by Crippen LogP contribution is 2.27. The number of hydrogen-bond donors (Lipinski definition) is 2. The lowest BCUT2D eigenvalue weighted by Crippen LogP contribution is -2.53. The van der Waals surface area contributed by atoms with E-state index in [9.17, 15) is 0 Å². The van der Waals surface area contributed by atoms with Gasteiger partial charge in [-0.3, -0.25) is 9.80 Å². The normalized spacial score (nSPS) is 19.5. The van der Waals surface area contributed by atoms with Crippen molar-refractivity contribution in [2.45, 2.75) is 44.3 Å². The number of pyridine rings is 1. The van der Waals surface area contributed by atoms with Crippen LogP contribution in [0.4, 0.5) is 5.82 Å². The van der Waals surface area contributed by atoms with E-state index < -0.39 is 0 Å². The molecular formula is C31H38N8. The number of piperidine rings is 1. The summed E-state index contributed by atoms with van der Waals surface area (Å²) in [5.74, 6) is 1.65. The number of anilines is 1. The van der Waals surface area contributed by atoms with Gasteiger partial charge in [0.05, 0.1) is 0 Å². The largest absolute Gasteiger partial charge is 0.368 e. The summed E-state index contributed by atoms with van der Waals surface area (Å²) in [5, 5.41) is 8.22. The predicted octanol–water partition coefficient (Wildman–Crippen LogP) is 3.96. The van der Waals surface area contributed by atoms with Crippen LogP contribution in [-0.2, 0) is 13.0 Å². The highest BCUT2D eigenvalue weighted by molar-refractivity contribution is 5.77. The zero-order chi connectivity index (χ0) is 26.0. The Bertz CT molecular complexity index is 1420. The molecule has 0 amide bonds. The maximum absolute atomic E-state index is 5.02. The Labute approximate surface area is 230 Å². The first kappa shape index (κ1) is 24.7. The molecule has 202 valence electrons. The monoisotopic (exact) mass is 522 g/mol. The minimum atomic E-state index is 0.468. The lowest BCUT2D eigenvalue weighted by atomic mass is 9.99. The van der Waals surface area contributed by atoms with Crippen LogP contribution in [0.2, 0.25) is 0 Å². The Balaban J connectivity index is 1.05. The van der Waals surface area contributed by atoms with E-state index in [4.69, 9.17) is 9.97 Å². The van der Waals surface area contributed by atoms with Crippen LogP contribution in [0.5, 0.6) is 0 Å². The number of aromatic nitrogens is 4. The average molecular weight is 523 g/mol. The molecule has 1 unspecified atom stereocenters. The van der Waals surface area contributed by atoms with Crippen LogP contribution in [-0.4, -0.2) is 81.2 Å². The van der Waals surface area contributed by atoms with Gasteiger partial charge in [-0.2, -0.15) is 0 Å². The van der Waals surface area contributed by atoms with E-state index in [1.165, 1.54) is 30.6 Å². The van der Waals surface area contributed by atoms with Gasteiger partial charge in [0.1, 0.15) is 11.5 Å². The molecule has 7 rings (SSSR count). The van der Waals surface area contributed by atoms with Gasteiger partial charge in [-0.05, 0) is 81.2 Å². The molecule has 4 aromatic rings. The molecular weight excluding hydrogens is 484 g/mol. The third-order valence-electron chi connectivity index (χ3n) is 8.78. The van der Waals surface area contributed by atoms with Crippen molar-refractivity contribution in [2.24, 2.45) is 0 Å². The number of benzene rings is 1. The summed E-state index contributed by atoms with van der Waals surface area (Å²) in [7, 11) is 0. The van der Waals surface area contributed by atoms with Gasteiger partial charge in [-0.1, -0.05) is 24.3 Å². The second kappa shape index (κ2) is 11.0. The lowest BCUT2D eigenvalue weighted by molar-refractivity contribution is 0.0863. The number of likely N-dealkylation sites (tertiary alicyclic amines) is 1. The van der Waals surface area contributed by atoms with Gasteiger partial charge in [0.15, 0.2) is 5.82 Å². The molecule has 3 aromatic heterocycles. The number of hydrogen-bond acceptors (Lipinski definition) is 7. The molecule has 39 heavy (non-hydrogen) atoms. The summed E-state index contributed by atoms with van der Waals surface area (Å²) in [5.41, 5.74) is 5.02. The number of fused-ring (bicyclic) bond motifs is 2. The molecule has 1 atom stereocenters. The Morgan fingerprint density at radius 2 is 1.87 bits per heavy atom. The number of nitrogens with zero attached hydrogens (tertiary/aromatic N) is 6. The van der Waals surface area contributed by atoms with E-state index in [-0.39, 0.29) is 0 Å². The van der Waals surface area contributed by atoms with Crippen LogP contribution in [0.15, 0.2) is 61.1 Å². The van der Waals surface area contributed by atoms with Gasteiger partial charge in [0, 0.05) is 67.8 Å². The molecule has 2 N–H and O–H groups in total. The zero-order valence-electron chi connectivity index (χ0n) is 22.6. The molecule has 2 saturated heterocycles. The first-order valence-corrected chi connectivity index (χ1v) is 14.6. The van der Waals surface area contributed by atoms with E-state index in [0.717, 1.165) is 86.8 Å². The van der Waals surface area contributed by atoms with Crippen molar-refractivity contribution in [1.82, 2.24) is 34.6 Å². The van der Waals surface area contributed by atoms with Crippen LogP contribution in [0.3, 0.4) is 0 Å². The molecule has 6 heterocycles. The van der Waals surface area contributed by atoms with E-state index in [0.29, 0.717) is 12.1 Å². The molecule has 0 bridgehead atoms. The standard InChI is InChI=1S/C31H38N8/c1-2-5-26-21-37(16-9-23(26)4-1)22-28(38-14-3-15-38)20-34-29-18-24(6-13-33-29)30-35-19-25-10-17-39(31(25)36-30)27-7-11-32-12-8-27/h1-2,4-6,10,13,17-19,27-28,32H,3,7-9,11-12,14-16,20-22H2,(H,33,34). The second-order valence-corrected chi connectivity index (χ2v) is 11.3. The van der Waals surface area contributed by atoms with Gasteiger partial charge in [-0.15, -0.1) is 0 Å². The maximum Gasteiger partial charge on any atom is 0.161 e. The summed E-state index contributed by atoms with van der Waals surface area (Å²) >= 11 is 0. The van der Waals surface area contributed by atoms with E-state index in [1.807, 2.05) is 18.5 Å². The van der Waals surface area contributed by atoms with Crippen molar-refractivity contribution in [3.8, 4) is 11.4 Å². The topological polar surface area (TPSA) is 74.1 Å². The predicted molar refractivity (Wildman–Crippen MR) is 156 cm³/mol. The van der Waals surface area contributed by atoms with Gasteiger partial charge in [0.2, 0.25) is 0 Å². The summed E-state index contributed by atoms with van der Waals surface area (Å²) in [6, 6.07) is 16.1. The van der Waals surface area contributed by atoms with Crippen molar-refractivity contribution < 1.29 is 0 Å². The fraction of sp³-hybridized carbons (Fsp3) is 0.452. The molecule has 0 aliphatic carbocycles. The zero-order valence-corrected chi connectivity index (χ0v) is 22.6. The molecule has 0 spiro atoms. The fourth-order valence-electron chi connectivity index (χ4n) is 6.37. The second-order valence-electron chi connectivity index (χ2n) is 11.3. The van der Waals surface area contributed by atoms with E-state index in [2.05, 4.69) is 72.6 Å². The van der Waals surface area contributed by atoms with Gasteiger partial charge >= 0.3 is 0 Å². The van der Waals surface area contributed by atoms with Gasteiger partial charge in [0.25, 0.3) is 0 Å². The van der Waals surface area contributed by atoms with Crippen LogP contribution < -0.4 is 10.6 Å². The third kappa shape index (κ3) is 5.29. The summed E-state index contributed by atoms with van der Waals surface area (Å²) in [6.07, 6.45) is 10.7. The summed E-state index contributed by atoms with van der Waals surface area (Å²) in [4.78, 5) is 19.6. The first-order valence-electron chi connectivity index (χ1n) is 14.6. The van der Waals surface area contributed by atoms with Crippen LogP contribution in [0, 0.1) is 0 Å².